The molecule has 2 aromatic heterocycles. The third-order valence-electron chi connectivity index (χ3n) is 12.7. The van der Waals surface area contributed by atoms with Crippen LogP contribution in [0.5, 0.6) is 0 Å². The second kappa shape index (κ2) is 13.4. The van der Waals surface area contributed by atoms with Gasteiger partial charge in [0, 0.05) is 43.0 Å². The predicted molar refractivity (Wildman–Crippen MR) is 264 cm³/mol. The summed E-state index contributed by atoms with van der Waals surface area (Å²) in [5.74, 6) is 0. The molecule has 11 aromatic carbocycles. The van der Waals surface area contributed by atoms with Gasteiger partial charge in [-0.1, -0.05) is 158 Å². The molecule has 2 nitrogen and oxygen atoms in total. The third-order valence-corrected chi connectivity index (χ3v) is 14.0. The van der Waals surface area contributed by atoms with Crippen molar-refractivity contribution in [1.29, 1.82) is 0 Å². The Morgan fingerprint density at radius 3 is 1.67 bits per heavy atom. The summed E-state index contributed by atoms with van der Waals surface area (Å²) >= 11 is 1.87. The molecule has 0 aliphatic carbocycles. The van der Waals surface area contributed by atoms with E-state index in [1.165, 1.54) is 108 Å². The Kier molecular flexibility index (Phi) is 7.51. The maximum Gasteiger partial charge on any atom is 0.0640 e. The Balaban J connectivity index is 0.988. The molecule has 13 aromatic rings. The summed E-state index contributed by atoms with van der Waals surface area (Å²) in [4.78, 5) is 2.46. The molecule has 0 bridgehead atoms. The van der Waals surface area contributed by atoms with E-state index < -0.39 is 0 Å². The molecular formula is C58H36N2S. The van der Waals surface area contributed by atoms with E-state index in [-0.39, 0.29) is 0 Å². The van der Waals surface area contributed by atoms with E-state index in [0.717, 1.165) is 11.4 Å². The lowest BCUT2D eigenvalue weighted by atomic mass is 9.94. The van der Waals surface area contributed by atoms with Crippen molar-refractivity contribution < 1.29 is 0 Å². The highest BCUT2D eigenvalue weighted by molar-refractivity contribution is 7.26. The number of para-hydroxylation sites is 1. The molecule has 0 spiro atoms. The fraction of sp³-hybridized carbons (Fsp3) is 0. The maximum atomic E-state index is 2.46. The first-order chi connectivity index (χ1) is 30.3. The van der Waals surface area contributed by atoms with Gasteiger partial charge < -0.3 is 9.47 Å². The topological polar surface area (TPSA) is 8.17 Å². The lowest BCUT2D eigenvalue weighted by Crippen LogP contribution is -2.10. The monoisotopic (exact) mass is 792 g/mol. The standard InChI is InChI=1S/C58H36N2S/c1-2-15-42-38(13-1)14-11-24-53(42)60-54-23-9-7-20-48(54)52-35-39(29-34-55(52)60)37-27-30-40(31-28-37)59(56-25-12-22-50-49-21-8-10-26-57(49)61-58(50)56)41-32-33-47-45-18-4-3-16-43(45)44-17-5-6-19-46(44)51(47)36-41/h1-36H. The van der Waals surface area contributed by atoms with E-state index in [4.69, 9.17) is 0 Å². The average Bonchev–Trinajstić information content (AvgIpc) is 3.88. The van der Waals surface area contributed by atoms with E-state index >= 15 is 0 Å². The van der Waals surface area contributed by atoms with E-state index in [2.05, 4.69) is 228 Å². The highest BCUT2D eigenvalue weighted by atomic mass is 32.1. The minimum Gasteiger partial charge on any atom is -0.309 e. The van der Waals surface area contributed by atoms with Crippen molar-refractivity contribution in [2.45, 2.75) is 0 Å². The van der Waals surface area contributed by atoms with E-state index in [1.54, 1.807) is 0 Å². The average molecular weight is 793 g/mol. The van der Waals surface area contributed by atoms with Crippen LogP contribution in [0.3, 0.4) is 0 Å². The van der Waals surface area contributed by atoms with Crippen molar-refractivity contribution in [2.75, 3.05) is 4.90 Å². The lowest BCUT2D eigenvalue weighted by Gasteiger charge is -2.27. The molecule has 0 unspecified atom stereocenters. The van der Waals surface area contributed by atoms with Gasteiger partial charge in [0.15, 0.2) is 0 Å². The minimum atomic E-state index is 1.12. The number of hydrogen-bond donors (Lipinski definition) is 0. The van der Waals surface area contributed by atoms with Gasteiger partial charge in [0.2, 0.25) is 0 Å². The quantitative estimate of drug-likeness (QED) is 0.158. The van der Waals surface area contributed by atoms with Crippen LogP contribution in [-0.2, 0) is 0 Å². The Labute approximate surface area is 356 Å². The van der Waals surface area contributed by atoms with Gasteiger partial charge >= 0.3 is 0 Å². The molecule has 0 saturated carbocycles. The zero-order chi connectivity index (χ0) is 40.0. The summed E-state index contributed by atoms with van der Waals surface area (Å²) in [5, 5.41) is 15.2. The van der Waals surface area contributed by atoms with Crippen LogP contribution in [0.4, 0.5) is 17.1 Å². The maximum absolute atomic E-state index is 2.46. The molecule has 2 heterocycles. The number of benzene rings is 11. The number of rotatable bonds is 5. The normalized spacial score (nSPS) is 11.9. The van der Waals surface area contributed by atoms with Crippen LogP contribution in [0, 0.1) is 0 Å². The van der Waals surface area contributed by atoms with Crippen LogP contribution in [-0.4, -0.2) is 4.57 Å². The van der Waals surface area contributed by atoms with Gasteiger partial charge in [0.1, 0.15) is 0 Å². The summed E-state index contributed by atoms with van der Waals surface area (Å²) in [5.41, 5.74) is 9.43. The first-order valence-electron chi connectivity index (χ1n) is 20.9. The van der Waals surface area contributed by atoms with Crippen molar-refractivity contribution in [1.82, 2.24) is 4.57 Å². The number of aromatic nitrogens is 1. The van der Waals surface area contributed by atoms with Crippen molar-refractivity contribution in [3.05, 3.63) is 218 Å². The van der Waals surface area contributed by atoms with Crippen molar-refractivity contribution >= 4 is 113 Å². The summed E-state index contributed by atoms with van der Waals surface area (Å²) < 4.78 is 5.01. The number of nitrogens with zero attached hydrogens (tertiary/aromatic N) is 2. The second-order valence-electron chi connectivity index (χ2n) is 16.0. The highest BCUT2D eigenvalue weighted by Gasteiger charge is 2.20. The highest BCUT2D eigenvalue weighted by Crippen LogP contribution is 2.47. The fourth-order valence-corrected chi connectivity index (χ4v) is 11.2. The van der Waals surface area contributed by atoms with Crippen LogP contribution >= 0.6 is 11.3 Å². The lowest BCUT2D eigenvalue weighted by molar-refractivity contribution is 1.20. The van der Waals surface area contributed by atoms with Crippen molar-refractivity contribution in [3.8, 4) is 16.8 Å². The molecule has 3 heteroatoms. The van der Waals surface area contributed by atoms with Crippen molar-refractivity contribution in [2.24, 2.45) is 0 Å². The molecule has 0 atom stereocenters. The van der Waals surface area contributed by atoms with Gasteiger partial charge in [-0.15, -0.1) is 11.3 Å². The molecule has 284 valence electrons. The smallest absolute Gasteiger partial charge is 0.0640 e. The number of thiophene rings is 1. The van der Waals surface area contributed by atoms with Crippen LogP contribution in [0.2, 0.25) is 0 Å². The molecule has 0 aliphatic heterocycles. The Bertz CT molecular complexity index is 3850. The van der Waals surface area contributed by atoms with Gasteiger partial charge in [0.25, 0.3) is 0 Å². The molecule has 0 saturated heterocycles. The van der Waals surface area contributed by atoms with Gasteiger partial charge in [-0.05, 0) is 109 Å². The van der Waals surface area contributed by atoms with Crippen molar-refractivity contribution in [3.63, 3.8) is 0 Å². The zero-order valence-corrected chi connectivity index (χ0v) is 33.9. The number of hydrogen-bond acceptors (Lipinski definition) is 2. The minimum absolute atomic E-state index is 1.12. The van der Waals surface area contributed by atoms with Gasteiger partial charge in [-0.2, -0.15) is 0 Å². The van der Waals surface area contributed by atoms with E-state index in [1.807, 2.05) is 11.3 Å². The Morgan fingerprint density at radius 2 is 0.885 bits per heavy atom. The molecular weight excluding hydrogens is 757 g/mol. The summed E-state index contributed by atoms with van der Waals surface area (Å²) in [7, 11) is 0. The largest absolute Gasteiger partial charge is 0.309 e. The van der Waals surface area contributed by atoms with E-state index in [0.29, 0.717) is 0 Å². The third kappa shape index (κ3) is 5.21. The van der Waals surface area contributed by atoms with Gasteiger partial charge in [0.05, 0.1) is 27.1 Å². The molecule has 13 rings (SSSR count). The van der Waals surface area contributed by atoms with Gasteiger partial charge in [-0.3, -0.25) is 0 Å². The number of fused-ring (bicyclic) bond motifs is 13. The molecule has 0 N–H and O–H groups in total. The molecule has 0 fully saturated rings. The molecule has 61 heavy (non-hydrogen) atoms. The predicted octanol–water partition coefficient (Wildman–Crippen LogP) is 16.9. The first kappa shape index (κ1) is 34.2. The molecule has 0 amide bonds. The molecule has 0 aliphatic rings. The van der Waals surface area contributed by atoms with Crippen LogP contribution in [0.25, 0.3) is 102 Å². The summed E-state index contributed by atoms with van der Waals surface area (Å²) in [6.45, 7) is 0. The van der Waals surface area contributed by atoms with Crippen LogP contribution in [0.1, 0.15) is 0 Å². The molecule has 0 radical (unpaired) electrons. The zero-order valence-electron chi connectivity index (χ0n) is 33.1. The Morgan fingerprint density at radius 1 is 0.328 bits per heavy atom. The van der Waals surface area contributed by atoms with E-state index in [9.17, 15) is 0 Å². The first-order valence-corrected chi connectivity index (χ1v) is 21.7. The van der Waals surface area contributed by atoms with Crippen LogP contribution < -0.4 is 4.90 Å². The second-order valence-corrected chi connectivity index (χ2v) is 17.1. The summed E-state index contributed by atoms with van der Waals surface area (Å²) in [6, 6.07) is 80.5. The number of anilines is 3. The Hall–Kier alpha value is -7.72. The van der Waals surface area contributed by atoms with Crippen LogP contribution in [0.15, 0.2) is 218 Å². The van der Waals surface area contributed by atoms with Gasteiger partial charge in [-0.25, -0.2) is 0 Å². The summed E-state index contributed by atoms with van der Waals surface area (Å²) in [6.07, 6.45) is 0. The fourth-order valence-electron chi connectivity index (χ4n) is 9.99. The SMILES string of the molecule is c1ccc2c(-n3c4ccccc4c4cc(-c5ccc(N(c6ccc7c8ccccc8c8ccccc8c7c6)c6cccc7c6sc6ccccc67)cc5)ccc43)cccc2c1.